The van der Waals surface area contributed by atoms with Crippen LogP contribution in [-0.4, -0.2) is 50.3 Å². The second-order valence-electron chi connectivity index (χ2n) is 4.51. The fraction of sp³-hybridized carbons (Fsp3) is 1.00. The number of nitrogens with one attached hydrogen (secondary N) is 1. The zero-order valence-corrected chi connectivity index (χ0v) is 10.5. The summed E-state index contributed by atoms with van der Waals surface area (Å²) in [6, 6.07) is 0.614. The van der Waals surface area contributed by atoms with Crippen LogP contribution < -0.4 is 5.32 Å². The van der Waals surface area contributed by atoms with Gasteiger partial charge in [0.25, 0.3) is 0 Å². The normalized spacial score (nSPS) is 23.6. The van der Waals surface area contributed by atoms with E-state index in [-0.39, 0.29) is 0 Å². The highest BCUT2D eigenvalue weighted by Gasteiger charge is 2.18. The number of nitrogens with zero attached hydrogens (tertiary/aromatic N) is 1. The summed E-state index contributed by atoms with van der Waals surface area (Å²) in [6.07, 6.45) is 4.21. The molecule has 0 aliphatic carbocycles. The molecule has 0 radical (unpaired) electrons. The highest BCUT2D eigenvalue weighted by atomic mass is 16.5. The molecule has 2 unspecified atom stereocenters. The van der Waals surface area contributed by atoms with E-state index in [1.165, 1.54) is 25.8 Å². The molecule has 1 heterocycles. The average molecular weight is 214 g/mol. The van der Waals surface area contributed by atoms with Gasteiger partial charge in [-0.15, -0.1) is 0 Å². The lowest BCUT2D eigenvalue weighted by Crippen LogP contribution is -2.35. The molecule has 0 spiro atoms. The van der Waals surface area contributed by atoms with E-state index in [9.17, 15) is 0 Å². The Morgan fingerprint density at radius 1 is 1.53 bits per heavy atom. The summed E-state index contributed by atoms with van der Waals surface area (Å²) in [4.78, 5) is 2.50. The maximum atomic E-state index is 5.66. The Labute approximate surface area is 94.2 Å². The van der Waals surface area contributed by atoms with Gasteiger partial charge in [0, 0.05) is 19.2 Å². The van der Waals surface area contributed by atoms with Gasteiger partial charge in [0.1, 0.15) is 0 Å². The zero-order valence-electron chi connectivity index (χ0n) is 10.5. The summed E-state index contributed by atoms with van der Waals surface area (Å²) in [5.74, 6) is 0. The van der Waals surface area contributed by atoms with Gasteiger partial charge >= 0.3 is 0 Å². The van der Waals surface area contributed by atoms with Crippen molar-refractivity contribution in [3.05, 3.63) is 0 Å². The molecule has 0 aromatic rings. The Morgan fingerprint density at radius 2 is 2.33 bits per heavy atom. The van der Waals surface area contributed by atoms with Gasteiger partial charge < -0.3 is 15.0 Å². The van der Waals surface area contributed by atoms with Gasteiger partial charge in [-0.3, -0.25) is 0 Å². The third-order valence-corrected chi connectivity index (χ3v) is 3.30. The van der Waals surface area contributed by atoms with Crippen LogP contribution in [0.1, 0.15) is 33.1 Å². The molecule has 1 fully saturated rings. The first kappa shape index (κ1) is 12.9. The third kappa shape index (κ3) is 4.96. The Bertz CT molecular complexity index is 158. The van der Waals surface area contributed by atoms with Crippen LogP contribution in [0.25, 0.3) is 0 Å². The van der Waals surface area contributed by atoms with Crippen molar-refractivity contribution >= 4 is 0 Å². The molecule has 1 aliphatic rings. The van der Waals surface area contributed by atoms with E-state index in [1.807, 2.05) is 7.05 Å². The Kier molecular flexibility index (Phi) is 6.22. The minimum absolute atomic E-state index is 0.495. The summed E-state index contributed by atoms with van der Waals surface area (Å²) in [7, 11) is 2.03. The first-order chi connectivity index (χ1) is 7.26. The van der Waals surface area contributed by atoms with Crippen molar-refractivity contribution in [3.63, 3.8) is 0 Å². The molecule has 0 aromatic carbocycles. The number of rotatable bonds is 7. The van der Waals surface area contributed by atoms with Gasteiger partial charge in [-0.25, -0.2) is 0 Å². The molecule has 90 valence electrons. The fourth-order valence-electron chi connectivity index (χ4n) is 1.98. The van der Waals surface area contributed by atoms with Crippen LogP contribution in [0.2, 0.25) is 0 Å². The van der Waals surface area contributed by atoms with Gasteiger partial charge in [-0.2, -0.15) is 0 Å². The molecular weight excluding hydrogens is 188 g/mol. The molecule has 1 saturated heterocycles. The number of likely N-dealkylation sites (N-methyl/N-ethyl adjacent to an activating group) is 1. The van der Waals surface area contributed by atoms with Crippen molar-refractivity contribution in [3.8, 4) is 0 Å². The molecule has 1 rings (SSSR count). The van der Waals surface area contributed by atoms with Crippen molar-refractivity contribution < 1.29 is 4.74 Å². The molecule has 3 heteroatoms. The van der Waals surface area contributed by atoms with E-state index in [0.29, 0.717) is 12.1 Å². The number of hydrogen-bond acceptors (Lipinski definition) is 3. The minimum atomic E-state index is 0.495. The van der Waals surface area contributed by atoms with Gasteiger partial charge in [0.05, 0.1) is 6.10 Å². The summed E-state index contributed by atoms with van der Waals surface area (Å²) in [5.41, 5.74) is 0. The van der Waals surface area contributed by atoms with Crippen molar-refractivity contribution in [1.82, 2.24) is 10.2 Å². The second kappa shape index (κ2) is 7.20. The monoisotopic (exact) mass is 214 g/mol. The highest BCUT2D eigenvalue weighted by molar-refractivity contribution is 4.71. The van der Waals surface area contributed by atoms with Crippen LogP contribution in [0.3, 0.4) is 0 Å². The van der Waals surface area contributed by atoms with Crippen molar-refractivity contribution in [2.45, 2.75) is 45.3 Å². The first-order valence-electron chi connectivity index (χ1n) is 6.27. The zero-order chi connectivity index (χ0) is 11.1. The average Bonchev–Trinajstić information content (AvgIpc) is 2.76. The maximum Gasteiger partial charge on any atom is 0.0702 e. The Balaban J connectivity index is 2.16. The van der Waals surface area contributed by atoms with E-state index in [4.69, 9.17) is 4.74 Å². The third-order valence-electron chi connectivity index (χ3n) is 3.30. The molecule has 15 heavy (non-hydrogen) atoms. The largest absolute Gasteiger partial charge is 0.377 e. The molecule has 1 N–H and O–H groups in total. The maximum absolute atomic E-state index is 5.66. The van der Waals surface area contributed by atoms with Gasteiger partial charge in [-0.05, 0) is 46.3 Å². The summed E-state index contributed by atoms with van der Waals surface area (Å²) < 4.78 is 5.66. The molecule has 0 aromatic heterocycles. The molecule has 3 nitrogen and oxygen atoms in total. The lowest BCUT2D eigenvalue weighted by Gasteiger charge is -2.24. The molecule has 0 bridgehead atoms. The Hall–Kier alpha value is -0.120. The first-order valence-corrected chi connectivity index (χ1v) is 6.27. The molecule has 0 amide bonds. The van der Waals surface area contributed by atoms with Crippen LogP contribution in [0.4, 0.5) is 0 Å². The lowest BCUT2D eigenvalue weighted by atomic mass is 10.2. The molecule has 0 saturated carbocycles. The SMILES string of the molecule is CCN(CCC(C)NC)CC1CCCO1. The topological polar surface area (TPSA) is 24.5 Å². The summed E-state index contributed by atoms with van der Waals surface area (Å²) in [5, 5.41) is 3.28. The summed E-state index contributed by atoms with van der Waals surface area (Å²) in [6.45, 7) is 8.87. The van der Waals surface area contributed by atoms with E-state index in [1.54, 1.807) is 0 Å². The van der Waals surface area contributed by atoms with E-state index < -0.39 is 0 Å². The van der Waals surface area contributed by atoms with E-state index in [0.717, 1.165) is 19.7 Å². The minimum Gasteiger partial charge on any atom is -0.377 e. The smallest absolute Gasteiger partial charge is 0.0702 e. The van der Waals surface area contributed by atoms with Crippen LogP contribution in [0.5, 0.6) is 0 Å². The predicted octanol–water partition coefficient (Wildman–Crippen LogP) is 1.49. The molecule has 2 atom stereocenters. The van der Waals surface area contributed by atoms with Crippen molar-refractivity contribution in [1.29, 1.82) is 0 Å². The van der Waals surface area contributed by atoms with Crippen molar-refractivity contribution in [2.75, 3.05) is 33.3 Å². The highest BCUT2D eigenvalue weighted by Crippen LogP contribution is 2.13. The van der Waals surface area contributed by atoms with Gasteiger partial charge in [0.2, 0.25) is 0 Å². The van der Waals surface area contributed by atoms with Gasteiger partial charge in [-0.1, -0.05) is 6.92 Å². The number of ether oxygens (including phenoxy) is 1. The molecular formula is C12H26N2O. The Morgan fingerprint density at radius 3 is 2.87 bits per heavy atom. The van der Waals surface area contributed by atoms with Crippen LogP contribution in [0.15, 0.2) is 0 Å². The fourth-order valence-corrected chi connectivity index (χ4v) is 1.98. The van der Waals surface area contributed by atoms with E-state index >= 15 is 0 Å². The summed E-state index contributed by atoms with van der Waals surface area (Å²) >= 11 is 0. The quantitative estimate of drug-likeness (QED) is 0.695. The van der Waals surface area contributed by atoms with Crippen LogP contribution >= 0.6 is 0 Å². The number of hydrogen-bond donors (Lipinski definition) is 1. The lowest BCUT2D eigenvalue weighted by molar-refractivity contribution is 0.0737. The standard InChI is InChI=1S/C12H26N2O/c1-4-14(8-7-11(2)13-3)10-12-6-5-9-15-12/h11-13H,4-10H2,1-3H3. The van der Waals surface area contributed by atoms with Gasteiger partial charge in [0.15, 0.2) is 0 Å². The van der Waals surface area contributed by atoms with Crippen molar-refractivity contribution in [2.24, 2.45) is 0 Å². The second-order valence-corrected chi connectivity index (χ2v) is 4.51. The van der Waals surface area contributed by atoms with E-state index in [2.05, 4.69) is 24.1 Å². The predicted molar refractivity (Wildman–Crippen MR) is 64.2 cm³/mol. The molecule has 1 aliphatic heterocycles. The van der Waals surface area contributed by atoms with Crippen LogP contribution in [0, 0.1) is 0 Å². The van der Waals surface area contributed by atoms with Crippen LogP contribution in [-0.2, 0) is 4.74 Å².